The highest BCUT2D eigenvalue weighted by molar-refractivity contribution is 6.02. The number of nitro benzene ring substituents is 1. The lowest BCUT2D eigenvalue weighted by molar-refractivity contribution is -0.384. The van der Waals surface area contributed by atoms with Crippen LogP contribution in [0.5, 0.6) is 5.75 Å². The van der Waals surface area contributed by atoms with Gasteiger partial charge in [0.15, 0.2) is 6.61 Å². The van der Waals surface area contributed by atoms with Crippen LogP contribution in [0.2, 0.25) is 0 Å². The minimum absolute atomic E-state index is 0.154. The van der Waals surface area contributed by atoms with Gasteiger partial charge in [-0.25, -0.2) is 0 Å². The Morgan fingerprint density at radius 2 is 1.80 bits per heavy atom. The van der Waals surface area contributed by atoms with Gasteiger partial charge in [0.25, 0.3) is 11.6 Å². The van der Waals surface area contributed by atoms with E-state index in [9.17, 15) is 19.7 Å². The molecule has 9 nitrogen and oxygen atoms in total. The number of anilines is 1. The van der Waals surface area contributed by atoms with E-state index in [1.807, 2.05) is 18.2 Å². The Balaban J connectivity index is 1.39. The van der Waals surface area contributed by atoms with Crippen LogP contribution >= 0.6 is 0 Å². The highest BCUT2D eigenvalue weighted by atomic mass is 16.6. The Labute approximate surface area is 173 Å². The number of non-ortho nitro benzene ring substituents is 1. The van der Waals surface area contributed by atoms with E-state index in [-0.39, 0.29) is 36.3 Å². The van der Waals surface area contributed by atoms with E-state index in [0.717, 1.165) is 19.6 Å². The van der Waals surface area contributed by atoms with Crippen LogP contribution in [-0.2, 0) is 16.1 Å². The molecule has 0 aliphatic carbocycles. The van der Waals surface area contributed by atoms with Gasteiger partial charge < -0.3 is 9.64 Å². The first-order valence-electron chi connectivity index (χ1n) is 9.77. The smallest absolute Gasteiger partial charge is 0.271 e. The summed E-state index contributed by atoms with van der Waals surface area (Å²) < 4.78 is 5.35. The van der Waals surface area contributed by atoms with Crippen molar-refractivity contribution in [2.24, 2.45) is 0 Å². The number of rotatable bonds is 5. The van der Waals surface area contributed by atoms with Gasteiger partial charge in [0, 0.05) is 44.9 Å². The second-order valence-electron chi connectivity index (χ2n) is 7.32. The number of piperazine rings is 1. The van der Waals surface area contributed by atoms with E-state index in [4.69, 9.17) is 4.74 Å². The second kappa shape index (κ2) is 8.50. The van der Waals surface area contributed by atoms with E-state index in [0.29, 0.717) is 18.8 Å². The van der Waals surface area contributed by atoms with Crippen LogP contribution in [0.3, 0.4) is 0 Å². The van der Waals surface area contributed by atoms with Crippen LogP contribution in [-0.4, -0.2) is 65.9 Å². The molecule has 1 fully saturated rings. The summed E-state index contributed by atoms with van der Waals surface area (Å²) in [6.07, 6.45) is 0. The van der Waals surface area contributed by atoms with Crippen molar-refractivity contribution in [2.45, 2.75) is 6.54 Å². The van der Waals surface area contributed by atoms with Crippen molar-refractivity contribution in [1.82, 2.24) is 9.80 Å². The maximum Gasteiger partial charge on any atom is 0.271 e. The van der Waals surface area contributed by atoms with Gasteiger partial charge in [-0.2, -0.15) is 0 Å². The molecule has 0 radical (unpaired) electrons. The molecule has 0 aromatic heterocycles. The first kappa shape index (κ1) is 19.8. The molecule has 0 saturated carbocycles. The number of carbonyl (C=O) groups excluding carboxylic acids is 2. The van der Waals surface area contributed by atoms with E-state index >= 15 is 0 Å². The fraction of sp³-hybridized carbons (Fsp3) is 0.333. The second-order valence-corrected chi connectivity index (χ2v) is 7.32. The minimum atomic E-state index is -0.536. The van der Waals surface area contributed by atoms with Crippen molar-refractivity contribution in [3.63, 3.8) is 0 Å². The molecule has 156 valence electrons. The Bertz CT molecular complexity index is 957. The van der Waals surface area contributed by atoms with Crippen molar-refractivity contribution in [3.05, 3.63) is 64.2 Å². The predicted octanol–water partition coefficient (Wildman–Crippen LogP) is 1.66. The molecule has 9 heteroatoms. The Kier molecular flexibility index (Phi) is 5.62. The molecule has 2 heterocycles. The topological polar surface area (TPSA) is 96.2 Å². The van der Waals surface area contributed by atoms with Crippen molar-refractivity contribution in [2.75, 3.05) is 44.2 Å². The summed E-state index contributed by atoms with van der Waals surface area (Å²) in [5.74, 6) is -0.207. The SMILES string of the molecule is O=C(CN1C(=O)COc2ccc([N+](=O)[O-])cc21)N1CCN(Cc2ccccc2)CC1. The summed E-state index contributed by atoms with van der Waals surface area (Å²) >= 11 is 0. The van der Waals surface area contributed by atoms with Gasteiger partial charge in [-0.3, -0.25) is 29.5 Å². The van der Waals surface area contributed by atoms with E-state index < -0.39 is 4.92 Å². The van der Waals surface area contributed by atoms with E-state index in [1.54, 1.807) is 4.90 Å². The molecule has 0 spiro atoms. The average Bonchev–Trinajstić information content (AvgIpc) is 2.76. The number of hydrogen-bond donors (Lipinski definition) is 0. The lowest BCUT2D eigenvalue weighted by Crippen LogP contribution is -2.52. The Hall–Kier alpha value is -3.46. The highest BCUT2D eigenvalue weighted by Gasteiger charge is 2.31. The molecule has 2 aromatic rings. The van der Waals surface area contributed by atoms with Crippen LogP contribution in [0.1, 0.15) is 5.56 Å². The lowest BCUT2D eigenvalue weighted by atomic mass is 10.2. The highest BCUT2D eigenvalue weighted by Crippen LogP contribution is 2.35. The number of nitro groups is 1. The van der Waals surface area contributed by atoms with Gasteiger partial charge in [0.05, 0.1) is 10.6 Å². The first-order valence-corrected chi connectivity index (χ1v) is 9.77. The molecule has 2 aliphatic rings. The van der Waals surface area contributed by atoms with E-state index in [1.165, 1.54) is 28.7 Å². The summed E-state index contributed by atoms with van der Waals surface area (Å²) in [6.45, 7) is 3.14. The molecule has 4 rings (SSSR count). The molecule has 0 N–H and O–H groups in total. The summed E-state index contributed by atoms with van der Waals surface area (Å²) in [4.78, 5) is 41.1. The largest absolute Gasteiger partial charge is 0.482 e. The van der Waals surface area contributed by atoms with E-state index in [2.05, 4.69) is 17.0 Å². The summed E-state index contributed by atoms with van der Waals surface area (Å²) in [5.41, 5.74) is 1.34. The lowest BCUT2D eigenvalue weighted by Gasteiger charge is -2.36. The van der Waals surface area contributed by atoms with Gasteiger partial charge in [0.2, 0.25) is 5.91 Å². The molecule has 30 heavy (non-hydrogen) atoms. The average molecular weight is 410 g/mol. The molecule has 0 atom stereocenters. The van der Waals surface area contributed by atoms with Crippen molar-refractivity contribution >= 4 is 23.2 Å². The van der Waals surface area contributed by atoms with Gasteiger partial charge in [-0.05, 0) is 11.6 Å². The fourth-order valence-electron chi connectivity index (χ4n) is 3.71. The Morgan fingerprint density at radius 1 is 1.07 bits per heavy atom. The molecular formula is C21H22N4O5. The van der Waals surface area contributed by atoms with Crippen molar-refractivity contribution < 1.29 is 19.2 Å². The summed E-state index contributed by atoms with van der Waals surface area (Å²) in [7, 11) is 0. The van der Waals surface area contributed by atoms with Crippen LogP contribution < -0.4 is 9.64 Å². The van der Waals surface area contributed by atoms with Crippen LogP contribution in [0.15, 0.2) is 48.5 Å². The quantitative estimate of drug-likeness (QED) is 0.550. The standard InChI is InChI=1S/C21H22N4O5/c26-20(23-10-8-22(9-11-23)13-16-4-2-1-3-5-16)14-24-18-12-17(25(28)29)6-7-19(18)30-15-21(24)27/h1-7,12H,8-11,13-15H2. The fourth-order valence-corrected chi connectivity index (χ4v) is 3.71. The maximum absolute atomic E-state index is 12.8. The number of fused-ring (bicyclic) bond motifs is 1. The molecule has 2 aliphatic heterocycles. The maximum atomic E-state index is 12.8. The molecular weight excluding hydrogens is 388 g/mol. The summed E-state index contributed by atoms with van der Waals surface area (Å²) in [6, 6.07) is 14.2. The zero-order valence-electron chi connectivity index (χ0n) is 16.4. The molecule has 0 bridgehead atoms. The van der Waals surface area contributed by atoms with Crippen molar-refractivity contribution in [3.8, 4) is 5.75 Å². The zero-order chi connectivity index (χ0) is 21.1. The third-order valence-electron chi connectivity index (χ3n) is 5.36. The number of amides is 2. The monoisotopic (exact) mass is 410 g/mol. The molecule has 1 saturated heterocycles. The molecule has 2 aromatic carbocycles. The van der Waals surface area contributed by atoms with Crippen LogP contribution in [0, 0.1) is 10.1 Å². The Morgan fingerprint density at radius 3 is 2.50 bits per heavy atom. The molecule has 2 amide bonds. The normalized spacial score (nSPS) is 16.7. The molecule has 0 unspecified atom stereocenters. The number of ether oxygens (including phenoxy) is 1. The van der Waals surface area contributed by atoms with Crippen molar-refractivity contribution in [1.29, 1.82) is 0 Å². The first-order chi connectivity index (χ1) is 14.5. The number of hydrogen-bond acceptors (Lipinski definition) is 6. The third-order valence-corrected chi connectivity index (χ3v) is 5.36. The van der Waals surface area contributed by atoms with Gasteiger partial charge in [-0.15, -0.1) is 0 Å². The predicted molar refractivity (Wildman–Crippen MR) is 109 cm³/mol. The van der Waals surface area contributed by atoms with Gasteiger partial charge in [0.1, 0.15) is 12.3 Å². The minimum Gasteiger partial charge on any atom is -0.482 e. The summed E-state index contributed by atoms with van der Waals surface area (Å²) in [5, 5.41) is 11.1. The third kappa shape index (κ3) is 4.25. The van der Waals surface area contributed by atoms with Gasteiger partial charge in [-0.1, -0.05) is 30.3 Å². The number of nitrogens with zero attached hydrogens (tertiary/aromatic N) is 4. The van der Waals surface area contributed by atoms with Crippen LogP contribution in [0.25, 0.3) is 0 Å². The van der Waals surface area contributed by atoms with Crippen LogP contribution in [0.4, 0.5) is 11.4 Å². The van der Waals surface area contributed by atoms with Gasteiger partial charge >= 0.3 is 0 Å². The number of benzene rings is 2. The number of carbonyl (C=O) groups is 2. The zero-order valence-corrected chi connectivity index (χ0v) is 16.4.